The van der Waals surface area contributed by atoms with Crippen LogP contribution in [-0.2, 0) is 38.1 Å². The number of hydrogen-bond donors (Lipinski definition) is 4. The van der Waals surface area contributed by atoms with Gasteiger partial charge in [-0.1, -0.05) is 44.6 Å². The first kappa shape index (κ1) is 47.2. The molecule has 15 unspecified atom stereocenters. The fourth-order valence-electron chi connectivity index (χ4n) is 9.57. The van der Waals surface area contributed by atoms with Crippen LogP contribution in [0.1, 0.15) is 105 Å². The summed E-state index contributed by atoms with van der Waals surface area (Å²) in [5.41, 5.74) is 1.64. The van der Waals surface area contributed by atoms with Crippen molar-refractivity contribution in [1.29, 1.82) is 0 Å². The van der Waals surface area contributed by atoms with Crippen LogP contribution in [0.2, 0.25) is 0 Å². The standard InChI is InChI=1S/C44H71NO12/c1-10-13-31-19-25(2)18-26(3)20-37(54-8)40-38(55-9)22-28(5)44(52,57-40)41(49)42(50)45-17-12-11-14-32(45)43(51)56-39(29(6)34(47)24-35(31)48)27(4)21-30-15-16-33(46)36(23-30)53-7/h10,19,21,26,28-34,36-41,46-47,49,52H,1,11-18,20,22-24H2,2-9H3/b25-19+,27-21?. The largest absolute Gasteiger partial charge is 0.456 e. The molecule has 1 aliphatic carbocycles. The number of carbonyl (C=O) groups excluding carboxylic acids is 3. The van der Waals surface area contributed by atoms with Crippen LogP contribution in [-0.4, -0.2) is 132 Å². The zero-order valence-electron chi connectivity index (χ0n) is 35.5. The minimum atomic E-state index is -2.32. The zero-order valence-corrected chi connectivity index (χ0v) is 35.5. The van der Waals surface area contributed by atoms with E-state index in [1.54, 1.807) is 41.3 Å². The molecule has 13 heteroatoms. The van der Waals surface area contributed by atoms with Gasteiger partial charge < -0.3 is 49.0 Å². The van der Waals surface area contributed by atoms with Gasteiger partial charge in [-0.25, -0.2) is 4.79 Å². The Morgan fingerprint density at radius 2 is 1.60 bits per heavy atom. The lowest BCUT2D eigenvalue weighted by molar-refractivity contribution is -0.346. The van der Waals surface area contributed by atoms with Crippen molar-refractivity contribution in [3.05, 3.63) is 36.0 Å². The number of ether oxygens (including phenoxy) is 5. The van der Waals surface area contributed by atoms with Gasteiger partial charge in [0.2, 0.25) is 5.79 Å². The molecule has 324 valence electrons. The summed E-state index contributed by atoms with van der Waals surface area (Å²) in [7, 11) is 4.66. The number of hydrogen-bond acceptors (Lipinski definition) is 12. The number of esters is 1. The molecule has 13 nitrogen and oxygen atoms in total. The summed E-state index contributed by atoms with van der Waals surface area (Å²) in [5.74, 6) is -5.99. The monoisotopic (exact) mass is 805 g/mol. The normalized spacial score (nSPS) is 42.2. The summed E-state index contributed by atoms with van der Waals surface area (Å²) in [6, 6.07) is -1.08. The number of Topliss-reactive ketones (excluding diaryl/α,β-unsaturated/α-hetero) is 1. The fourth-order valence-corrected chi connectivity index (χ4v) is 9.57. The summed E-state index contributed by atoms with van der Waals surface area (Å²) in [5, 5.41) is 46.0. The number of rotatable bonds is 7. The molecular weight excluding hydrogens is 734 g/mol. The van der Waals surface area contributed by atoms with E-state index in [0.29, 0.717) is 56.9 Å². The van der Waals surface area contributed by atoms with Gasteiger partial charge in [0.05, 0.1) is 30.5 Å². The molecule has 4 N–H and O–H groups in total. The maximum atomic E-state index is 14.3. The fraction of sp³-hybridized carbons (Fsp3) is 0.795. The Morgan fingerprint density at radius 1 is 0.930 bits per heavy atom. The van der Waals surface area contributed by atoms with Crippen LogP contribution in [0.15, 0.2) is 36.0 Å². The van der Waals surface area contributed by atoms with E-state index < -0.39 is 84.2 Å². The number of piperidine rings is 1. The minimum Gasteiger partial charge on any atom is -0.456 e. The van der Waals surface area contributed by atoms with Gasteiger partial charge in [0, 0.05) is 52.0 Å². The second-order valence-electron chi connectivity index (χ2n) is 17.4. The van der Waals surface area contributed by atoms with Crippen molar-refractivity contribution in [3.63, 3.8) is 0 Å². The van der Waals surface area contributed by atoms with Crippen LogP contribution in [0.3, 0.4) is 0 Å². The first-order valence-corrected chi connectivity index (χ1v) is 21.0. The average Bonchev–Trinajstić information content (AvgIpc) is 3.18. The van der Waals surface area contributed by atoms with Crippen molar-refractivity contribution in [2.75, 3.05) is 27.9 Å². The molecule has 1 amide bonds. The maximum absolute atomic E-state index is 14.3. The van der Waals surface area contributed by atoms with Crippen molar-refractivity contribution < 1.29 is 58.5 Å². The molecule has 3 fully saturated rings. The maximum Gasteiger partial charge on any atom is 0.329 e. The van der Waals surface area contributed by atoms with Crippen LogP contribution in [0, 0.1) is 29.6 Å². The molecule has 3 heterocycles. The Morgan fingerprint density at radius 3 is 2.25 bits per heavy atom. The first-order valence-electron chi connectivity index (χ1n) is 21.0. The Kier molecular flexibility index (Phi) is 17.5. The van der Waals surface area contributed by atoms with E-state index in [1.165, 1.54) is 4.90 Å². The van der Waals surface area contributed by atoms with Crippen LogP contribution >= 0.6 is 0 Å². The highest BCUT2D eigenvalue weighted by atomic mass is 16.7. The van der Waals surface area contributed by atoms with E-state index in [2.05, 4.69) is 13.5 Å². The molecular formula is C44H71NO12. The zero-order chi connectivity index (χ0) is 42.2. The van der Waals surface area contributed by atoms with Crippen LogP contribution in [0.4, 0.5) is 0 Å². The lowest BCUT2D eigenvalue weighted by Gasteiger charge is -2.49. The van der Waals surface area contributed by atoms with Gasteiger partial charge in [-0.2, -0.15) is 0 Å². The van der Waals surface area contributed by atoms with Crippen molar-refractivity contribution in [2.45, 2.75) is 166 Å². The van der Waals surface area contributed by atoms with Crippen LogP contribution in [0.25, 0.3) is 0 Å². The predicted molar refractivity (Wildman–Crippen MR) is 214 cm³/mol. The molecule has 0 aromatic rings. The highest BCUT2D eigenvalue weighted by Crippen LogP contribution is 2.40. The van der Waals surface area contributed by atoms with Gasteiger partial charge >= 0.3 is 5.97 Å². The molecule has 15 atom stereocenters. The number of fused-ring (bicyclic) bond motifs is 3. The van der Waals surface area contributed by atoms with Gasteiger partial charge in [-0.15, -0.1) is 6.58 Å². The molecule has 4 rings (SSSR count). The summed E-state index contributed by atoms with van der Waals surface area (Å²) in [4.78, 5) is 43.8. The molecule has 4 aliphatic rings. The predicted octanol–water partition coefficient (Wildman–Crippen LogP) is 4.43. The number of amides is 1. The molecule has 3 aliphatic heterocycles. The highest BCUT2D eigenvalue weighted by Gasteiger charge is 2.56. The van der Waals surface area contributed by atoms with Gasteiger partial charge in [-0.3, -0.25) is 9.59 Å². The van der Waals surface area contributed by atoms with Gasteiger partial charge in [-0.05, 0) is 95.5 Å². The number of ketones is 1. The smallest absolute Gasteiger partial charge is 0.329 e. The number of aliphatic hydroxyl groups excluding tert-OH is 3. The van der Waals surface area contributed by atoms with Crippen molar-refractivity contribution in [2.24, 2.45) is 29.6 Å². The molecule has 0 spiro atoms. The van der Waals surface area contributed by atoms with Gasteiger partial charge in [0.1, 0.15) is 24.0 Å². The Bertz CT molecular complexity index is 1430. The third kappa shape index (κ3) is 11.4. The number of nitrogens with zero attached hydrogens (tertiary/aromatic N) is 1. The highest BCUT2D eigenvalue weighted by molar-refractivity contribution is 5.88. The number of cyclic esters (lactones) is 1. The summed E-state index contributed by atoms with van der Waals surface area (Å²) in [6.45, 7) is 13.3. The van der Waals surface area contributed by atoms with E-state index in [-0.39, 0.29) is 49.5 Å². The van der Waals surface area contributed by atoms with E-state index in [4.69, 9.17) is 23.7 Å². The van der Waals surface area contributed by atoms with E-state index >= 15 is 0 Å². The third-order valence-corrected chi connectivity index (χ3v) is 13.0. The second-order valence-corrected chi connectivity index (χ2v) is 17.4. The summed E-state index contributed by atoms with van der Waals surface area (Å²) >= 11 is 0. The second kappa shape index (κ2) is 21.2. The topological polar surface area (TPSA) is 182 Å². The van der Waals surface area contributed by atoms with Crippen molar-refractivity contribution >= 4 is 17.7 Å². The molecule has 0 aromatic carbocycles. The van der Waals surface area contributed by atoms with Crippen LogP contribution in [0.5, 0.6) is 0 Å². The number of aliphatic hydroxyl groups is 4. The van der Waals surface area contributed by atoms with Gasteiger partial charge in [0.15, 0.2) is 6.10 Å². The molecule has 1 saturated carbocycles. The molecule has 2 bridgehead atoms. The Labute approximate surface area is 339 Å². The number of carbonyl (C=O) groups is 3. The number of allylic oxidation sites excluding steroid dienone is 4. The summed E-state index contributed by atoms with van der Waals surface area (Å²) < 4.78 is 29.9. The third-order valence-electron chi connectivity index (χ3n) is 13.0. The summed E-state index contributed by atoms with van der Waals surface area (Å²) in [6.07, 6.45) is 3.39. The molecule has 0 aromatic heterocycles. The van der Waals surface area contributed by atoms with Gasteiger partial charge in [0.25, 0.3) is 5.91 Å². The van der Waals surface area contributed by atoms with Crippen molar-refractivity contribution in [1.82, 2.24) is 4.90 Å². The first-order chi connectivity index (χ1) is 27.0. The van der Waals surface area contributed by atoms with E-state index in [1.807, 2.05) is 26.0 Å². The van der Waals surface area contributed by atoms with Crippen LogP contribution < -0.4 is 0 Å². The van der Waals surface area contributed by atoms with E-state index in [0.717, 1.165) is 5.57 Å². The minimum absolute atomic E-state index is 0.000937. The lowest BCUT2D eigenvalue weighted by Crippen LogP contribution is -2.66. The van der Waals surface area contributed by atoms with Crippen molar-refractivity contribution in [3.8, 4) is 0 Å². The lowest BCUT2D eigenvalue weighted by atomic mass is 9.81. The Hall–Kier alpha value is -2.49. The van der Waals surface area contributed by atoms with E-state index in [9.17, 15) is 34.8 Å². The average molecular weight is 806 g/mol. The Balaban J connectivity index is 1.77. The SMILES string of the molecule is C=CCC1/C=C(\C)CC(C)CC(OC)C2OC(O)(C(C)CC2OC)C(O)C(=O)N2CCCCC2C(=O)OC(C(C)=CC2CCC(O)C(OC)C2)C(C)C(O)CC1=O. The molecule has 57 heavy (non-hydrogen) atoms. The molecule has 2 saturated heterocycles. The number of methoxy groups -OCH3 is 3. The quantitative estimate of drug-likeness (QED) is 0.210. The molecule has 0 radical (unpaired) electrons.